The first-order chi connectivity index (χ1) is 11.5. The molecule has 0 radical (unpaired) electrons. The van der Waals surface area contributed by atoms with E-state index in [9.17, 15) is 8.42 Å². The molecule has 2 aromatic carbocycles. The predicted octanol–water partition coefficient (Wildman–Crippen LogP) is 3.28. The van der Waals surface area contributed by atoms with Crippen molar-refractivity contribution >= 4 is 27.1 Å². The van der Waals surface area contributed by atoms with Crippen molar-refractivity contribution in [1.29, 1.82) is 0 Å². The maximum Gasteiger partial charge on any atom is 0.276 e. The van der Waals surface area contributed by atoms with Gasteiger partial charge in [0.05, 0.1) is 11.1 Å². The van der Waals surface area contributed by atoms with E-state index in [1.807, 2.05) is 37.4 Å². The van der Waals surface area contributed by atoms with Crippen molar-refractivity contribution < 1.29 is 8.42 Å². The molecule has 0 saturated carbocycles. The summed E-state index contributed by atoms with van der Waals surface area (Å²) in [5, 5.41) is 4.97. The largest absolute Gasteiger partial charge is 0.347 e. The standard InChI is InChI=1S/C18H19N3O2S/c1-3-21-13-15(17-6-4-5-7-18(17)21)12-19-20-24(22,23)16-10-8-14(2)9-11-16/h4-13,20H,3H2,1-2H3/b19-12+. The van der Waals surface area contributed by atoms with Gasteiger partial charge >= 0.3 is 0 Å². The molecule has 0 bridgehead atoms. The van der Waals surface area contributed by atoms with Crippen LogP contribution in [0.5, 0.6) is 0 Å². The van der Waals surface area contributed by atoms with Crippen molar-refractivity contribution in [3.63, 3.8) is 0 Å². The maximum absolute atomic E-state index is 12.2. The number of sulfonamides is 1. The summed E-state index contributed by atoms with van der Waals surface area (Å²) >= 11 is 0. The van der Waals surface area contributed by atoms with E-state index in [-0.39, 0.29) is 4.90 Å². The van der Waals surface area contributed by atoms with Crippen molar-refractivity contribution in [2.45, 2.75) is 25.3 Å². The molecule has 3 rings (SSSR count). The molecule has 0 atom stereocenters. The second kappa shape index (κ2) is 6.49. The van der Waals surface area contributed by atoms with Crippen molar-refractivity contribution in [2.75, 3.05) is 0 Å². The van der Waals surface area contributed by atoms with Gasteiger partial charge in [0, 0.05) is 29.2 Å². The summed E-state index contributed by atoms with van der Waals surface area (Å²) in [7, 11) is -3.65. The zero-order chi connectivity index (χ0) is 17.2. The third-order valence-electron chi connectivity index (χ3n) is 3.87. The van der Waals surface area contributed by atoms with Crippen molar-refractivity contribution in [1.82, 2.24) is 9.40 Å². The Morgan fingerprint density at radius 3 is 2.54 bits per heavy atom. The van der Waals surface area contributed by atoms with E-state index in [1.165, 1.54) is 0 Å². The monoisotopic (exact) mass is 341 g/mol. The van der Waals surface area contributed by atoms with Gasteiger partial charge in [0.2, 0.25) is 0 Å². The van der Waals surface area contributed by atoms with E-state index in [1.54, 1.807) is 30.5 Å². The topological polar surface area (TPSA) is 63.5 Å². The molecule has 0 spiro atoms. The molecule has 0 amide bonds. The maximum atomic E-state index is 12.2. The molecule has 0 aliphatic carbocycles. The molecule has 1 aromatic heterocycles. The normalized spacial score (nSPS) is 12.1. The van der Waals surface area contributed by atoms with E-state index < -0.39 is 10.0 Å². The molecule has 5 nitrogen and oxygen atoms in total. The minimum Gasteiger partial charge on any atom is -0.347 e. The second-order valence-corrected chi connectivity index (χ2v) is 7.21. The van der Waals surface area contributed by atoms with Crippen LogP contribution in [0.2, 0.25) is 0 Å². The molecule has 0 unspecified atom stereocenters. The molecule has 3 aromatic rings. The van der Waals surface area contributed by atoms with Crippen LogP contribution in [0.4, 0.5) is 0 Å². The summed E-state index contributed by atoms with van der Waals surface area (Å²) in [6, 6.07) is 14.6. The minimum atomic E-state index is -3.65. The Kier molecular flexibility index (Phi) is 4.40. The fourth-order valence-corrected chi connectivity index (χ4v) is 3.37. The van der Waals surface area contributed by atoms with Gasteiger partial charge in [-0.15, -0.1) is 0 Å². The fraction of sp³-hybridized carbons (Fsp3) is 0.167. The highest BCUT2D eigenvalue weighted by Gasteiger charge is 2.12. The average molecular weight is 341 g/mol. The van der Waals surface area contributed by atoms with Crippen LogP contribution in [0.15, 0.2) is 64.7 Å². The van der Waals surface area contributed by atoms with E-state index in [0.717, 1.165) is 28.6 Å². The van der Waals surface area contributed by atoms with Crippen LogP contribution in [0.3, 0.4) is 0 Å². The third-order valence-corrected chi connectivity index (χ3v) is 5.11. The first kappa shape index (κ1) is 16.3. The Morgan fingerprint density at radius 2 is 1.83 bits per heavy atom. The van der Waals surface area contributed by atoms with E-state index in [2.05, 4.69) is 21.4 Å². The SMILES string of the molecule is CCn1cc(/C=N/NS(=O)(=O)c2ccc(C)cc2)c2ccccc21. The van der Waals surface area contributed by atoms with Crippen molar-refractivity contribution in [3.05, 3.63) is 65.9 Å². The van der Waals surface area contributed by atoms with Gasteiger partial charge < -0.3 is 4.57 Å². The number of rotatable bonds is 5. The van der Waals surface area contributed by atoms with Crippen LogP contribution in [-0.2, 0) is 16.6 Å². The lowest BCUT2D eigenvalue weighted by Crippen LogP contribution is -2.18. The summed E-state index contributed by atoms with van der Waals surface area (Å²) in [6.07, 6.45) is 3.51. The second-order valence-electron chi connectivity index (χ2n) is 5.55. The molecular formula is C18H19N3O2S. The number of hydrazone groups is 1. The van der Waals surface area contributed by atoms with E-state index in [4.69, 9.17) is 0 Å². The third kappa shape index (κ3) is 3.19. The molecular weight excluding hydrogens is 322 g/mol. The van der Waals surface area contributed by atoms with Gasteiger partial charge in [-0.3, -0.25) is 0 Å². The smallest absolute Gasteiger partial charge is 0.276 e. The highest BCUT2D eigenvalue weighted by Crippen LogP contribution is 2.19. The molecule has 0 saturated heterocycles. The summed E-state index contributed by atoms with van der Waals surface area (Å²) < 4.78 is 26.6. The van der Waals surface area contributed by atoms with Gasteiger partial charge in [-0.1, -0.05) is 35.9 Å². The number of aromatic nitrogens is 1. The van der Waals surface area contributed by atoms with Crippen molar-refractivity contribution in [3.8, 4) is 0 Å². The van der Waals surface area contributed by atoms with Crippen LogP contribution in [-0.4, -0.2) is 19.2 Å². The first-order valence-corrected chi connectivity index (χ1v) is 9.19. The van der Waals surface area contributed by atoms with Gasteiger partial charge in [-0.25, -0.2) is 4.83 Å². The average Bonchev–Trinajstić information content (AvgIpc) is 2.93. The fourth-order valence-electron chi connectivity index (χ4n) is 2.58. The van der Waals surface area contributed by atoms with Crippen LogP contribution < -0.4 is 4.83 Å². The van der Waals surface area contributed by atoms with Gasteiger partial charge in [-0.2, -0.15) is 13.5 Å². The molecule has 0 fully saturated rings. The van der Waals surface area contributed by atoms with E-state index in [0.29, 0.717) is 0 Å². The van der Waals surface area contributed by atoms with Crippen LogP contribution >= 0.6 is 0 Å². The quantitative estimate of drug-likeness (QED) is 0.572. The Balaban J connectivity index is 1.85. The molecule has 1 N–H and O–H groups in total. The van der Waals surface area contributed by atoms with Crippen LogP contribution in [0.25, 0.3) is 10.9 Å². The summed E-state index contributed by atoms with van der Waals surface area (Å²) in [6.45, 7) is 4.81. The first-order valence-electron chi connectivity index (χ1n) is 7.70. The number of benzene rings is 2. The lowest BCUT2D eigenvalue weighted by atomic mass is 10.2. The summed E-state index contributed by atoms with van der Waals surface area (Å²) in [5.74, 6) is 0. The van der Waals surface area contributed by atoms with Gasteiger partial charge in [0.25, 0.3) is 10.0 Å². The molecule has 0 aliphatic rings. The number of para-hydroxylation sites is 1. The number of fused-ring (bicyclic) bond motifs is 1. The number of aryl methyl sites for hydroxylation is 2. The van der Waals surface area contributed by atoms with Crippen LogP contribution in [0.1, 0.15) is 18.1 Å². The Bertz CT molecular complexity index is 987. The Labute approximate surface area is 141 Å². The molecule has 6 heteroatoms. The zero-order valence-electron chi connectivity index (χ0n) is 13.6. The Morgan fingerprint density at radius 1 is 1.12 bits per heavy atom. The molecule has 0 aliphatic heterocycles. The molecule has 124 valence electrons. The van der Waals surface area contributed by atoms with Crippen LogP contribution in [0, 0.1) is 6.92 Å². The van der Waals surface area contributed by atoms with Gasteiger partial charge in [0.15, 0.2) is 0 Å². The van der Waals surface area contributed by atoms with E-state index >= 15 is 0 Å². The zero-order valence-corrected chi connectivity index (χ0v) is 14.4. The van der Waals surface area contributed by atoms with Gasteiger partial charge in [0.1, 0.15) is 0 Å². The molecule has 24 heavy (non-hydrogen) atoms. The van der Waals surface area contributed by atoms with Crippen molar-refractivity contribution in [2.24, 2.45) is 5.10 Å². The number of hydrogen-bond donors (Lipinski definition) is 1. The number of hydrogen-bond acceptors (Lipinski definition) is 3. The minimum absolute atomic E-state index is 0.196. The highest BCUT2D eigenvalue weighted by atomic mass is 32.2. The Hall–Kier alpha value is -2.60. The van der Waals surface area contributed by atoms with Gasteiger partial charge in [-0.05, 0) is 32.0 Å². The number of nitrogens with zero attached hydrogens (tertiary/aromatic N) is 2. The molecule has 1 heterocycles. The lowest BCUT2D eigenvalue weighted by Gasteiger charge is -2.03. The lowest BCUT2D eigenvalue weighted by molar-refractivity contribution is 0.584. The number of nitrogens with one attached hydrogen (secondary N) is 1. The summed E-state index contributed by atoms with van der Waals surface area (Å²) in [5.41, 5.74) is 2.98. The highest BCUT2D eigenvalue weighted by molar-refractivity contribution is 7.89. The predicted molar refractivity (Wildman–Crippen MR) is 96.7 cm³/mol. The summed E-state index contributed by atoms with van der Waals surface area (Å²) in [4.78, 5) is 2.46.